The highest BCUT2D eigenvalue weighted by Crippen LogP contribution is 2.32. The molecule has 0 spiro atoms. The molecule has 144 valence electrons. The Bertz CT molecular complexity index is 774. The lowest BCUT2D eigenvalue weighted by atomic mass is 10.2. The van der Waals surface area contributed by atoms with Crippen LogP contribution in [0.15, 0.2) is 21.5 Å². The Morgan fingerprint density at radius 1 is 1.19 bits per heavy atom. The fraction of sp³-hybridized carbons (Fsp3) is 0.467. The van der Waals surface area contributed by atoms with Gasteiger partial charge in [0.1, 0.15) is 11.4 Å². The summed E-state index contributed by atoms with van der Waals surface area (Å²) >= 11 is 15.0. The van der Waals surface area contributed by atoms with Gasteiger partial charge in [-0.05, 0) is 25.0 Å². The first kappa shape index (κ1) is 21.4. The lowest BCUT2D eigenvalue weighted by Crippen LogP contribution is -2.37. The number of benzene rings is 1. The number of nitrogens with one attached hydrogen (secondary N) is 2. The maximum absolute atomic E-state index is 12.3. The van der Waals surface area contributed by atoms with Crippen LogP contribution in [0.2, 0.25) is 10.0 Å². The molecular weight excluding hydrogens is 471 g/mol. The predicted octanol–water partition coefficient (Wildman–Crippen LogP) is 2.64. The molecule has 1 amide bonds. The van der Waals surface area contributed by atoms with Gasteiger partial charge in [-0.25, -0.2) is 8.42 Å². The first-order valence-electron chi connectivity index (χ1n) is 7.78. The summed E-state index contributed by atoms with van der Waals surface area (Å²) in [4.78, 5) is 23.0. The Morgan fingerprint density at radius 2 is 1.77 bits per heavy atom. The van der Waals surface area contributed by atoms with Gasteiger partial charge in [0, 0.05) is 10.5 Å². The Morgan fingerprint density at radius 3 is 2.35 bits per heavy atom. The molecule has 0 atom stereocenters. The van der Waals surface area contributed by atoms with Crippen molar-refractivity contribution in [3.05, 3.63) is 26.7 Å². The third-order valence-corrected chi connectivity index (χ3v) is 6.50. The van der Waals surface area contributed by atoms with Crippen LogP contribution in [0.25, 0.3) is 0 Å². The minimum Gasteiger partial charge on any atom is -0.455 e. The summed E-state index contributed by atoms with van der Waals surface area (Å²) in [6, 6.07) is 2.85. The summed E-state index contributed by atoms with van der Waals surface area (Å²) in [5.74, 6) is -1.30. The normalized spacial score (nSPS) is 15.0. The van der Waals surface area contributed by atoms with E-state index in [-0.39, 0.29) is 21.0 Å². The SMILES string of the molecule is O=C(COC(=O)CNS(=O)(=O)c1c(Cl)cc(Br)cc1Cl)NC1CCCC1. The van der Waals surface area contributed by atoms with Crippen LogP contribution in [-0.4, -0.2) is 39.5 Å². The predicted molar refractivity (Wildman–Crippen MR) is 101 cm³/mol. The molecule has 2 N–H and O–H groups in total. The van der Waals surface area contributed by atoms with E-state index in [1.165, 1.54) is 12.1 Å². The highest BCUT2D eigenvalue weighted by Gasteiger charge is 2.24. The number of carbonyl (C=O) groups excluding carboxylic acids is 2. The number of sulfonamides is 1. The third kappa shape index (κ3) is 6.09. The van der Waals surface area contributed by atoms with Crippen LogP contribution in [0.3, 0.4) is 0 Å². The second-order valence-electron chi connectivity index (χ2n) is 5.73. The molecule has 1 aromatic carbocycles. The highest BCUT2D eigenvalue weighted by atomic mass is 79.9. The van der Waals surface area contributed by atoms with Crippen LogP contribution < -0.4 is 10.0 Å². The molecule has 1 aliphatic carbocycles. The fourth-order valence-electron chi connectivity index (χ4n) is 2.55. The molecule has 1 aliphatic rings. The van der Waals surface area contributed by atoms with Crippen LogP contribution in [0.5, 0.6) is 0 Å². The Labute approximate surface area is 169 Å². The molecule has 11 heteroatoms. The third-order valence-electron chi connectivity index (χ3n) is 3.72. The van der Waals surface area contributed by atoms with Crippen molar-refractivity contribution < 1.29 is 22.7 Å². The van der Waals surface area contributed by atoms with E-state index in [2.05, 4.69) is 26.0 Å². The zero-order valence-corrected chi connectivity index (χ0v) is 17.5. The highest BCUT2D eigenvalue weighted by molar-refractivity contribution is 9.10. The van der Waals surface area contributed by atoms with Gasteiger partial charge in [-0.15, -0.1) is 0 Å². The smallest absolute Gasteiger partial charge is 0.321 e. The van der Waals surface area contributed by atoms with Gasteiger partial charge in [0.15, 0.2) is 6.61 Å². The van der Waals surface area contributed by atoms with Crippen molar-refractivity contribution in [1.82, 2.24) is 10.0 Å². The van der Waals surface area contributed by atoms with E-state index in [0.29, 0.717) is 4.47 Å². The van der Waals surface area contributed by atoms with E-state index in [9.17, 15) is 18.0 Å². The number of hydrogen-bond donors (Lipinski definition) is 2. The number of halogens is 3. The lowest BCUT2D eigenvalue weighted by Gasteiger charge is -2.12. The molecule has 0 aliphatic heterocycles. The van der Waals surface area contributed by atoms with Gasteiger partial charge in [0.05, 0.1) is 10.0 Å². The number of amides is 1. The molecule has 1 aromatic rings. The van der Waals surface area contributed by atoms with E-state index in [1.807, 2.05) is 0 Å². The van der Waals surface area contributed by atoms with E-state index in [1.54, 1.807) is 0 Å². The molecule has 0 heterocycles. The molecule has 0 radical (unpaired) electrons. The Hall–Kier alpha value is -0.870. The molecule has 0 saturated heterocycles. The van der Waals surface area contributed by atoms with Gasteiger partial charge >= 0.3 is 5.97 Å². The maximum atomic E-state index is 12.3. The van der Waals surface area contributed by atoms with Crippen molar-refractivity contribution in [2.24, 2.45) is 0 Å². The topological polar surface area (TPSA) is 102 Å². The molecular formula is C15H17BrCl2N2O5S. The molecule has 7 nitrogen and oxygen atoms in total. The monoisotopic (exact) mass is 486 g/mol. The van der Waals surface area contributed by atoms with Crippen molar-refractivity contribution in [3.63, 3.8) is 0 Å². The van der Waals surface area contributed by atoms with Gasteiger partial charge in [0.2, 0.25) is 10.0 Å². The minimum absolute atomic E-state index is 0.0961. The molecule has 1 fully saturated rings. The van der Waals surface area contributed by atoms with Crippen LogP contribution in [0, 0.1) is 0 Å². The molecule has 26 heavy (non-hydrogen) atoms. The number of hydrogen-bond acceptors (Lipinski definition) is 5. The van der Waals surface area contributed by atoms with E-state index < -0.39 is 35.1 Å². The summed E-state index contributed by atoms with van der Waals surface area (Å²) in [5.41, 5.74) is 0. The van der Waals surface area contributed by atoms with Crippen LogP contribution in [0.1, 0.15) is 25.7 Å². The summed E-state index contributed by atoms with van der Waals surface area (Å²) < 4.78 is 31.9. The first-order valence-corrected chi connectivity index (χ1v) is 10.8. The molecule has 0 bridgehead atoms. The number of esters is 1. The van der Waals surface area contributed by atoms with Gasteiger partial charge in [-0.3, -0.25) is 9.59 Å². The van der Waals surface area contributed by atoms with Gasteiger partial charge < -0.3 is 10.1 Å². The standard InChI is InChI=1S/C15H17BrCl2N2O5S/c16-9-5-11(17)15(12(18)6-9)26(23,24)19-7-14(22)25-8-13(21)20-10-3-1-2-4-10/h5-6,10,19H,1-4,7-8H2,(H,20,21). The summed E-state index contributed by atoms with van der Waals surface area (Å²) in [5, 5.41) is 2.57. The van der Waals surface area contributed by atoms with Crippen LogP contribution in [0.4, 0.5) is 0 Å². The first-order chi connectivity index (χ1) is 12.2. The minimum atomic E-state index is -4.13. The quantitative estimate of drug-likeness (QED) is 0.575. The molecule has 0 aromatic heterocycles. The van der Waals surface area contributed by atoms with E-state index >= 15 is 0 Å². The largest absolute Gasteiger partial charge is 0.455 e. The van der Waals surface area contributed by atoms with Gasteiger partial charge in [-0.2, -0.15) is 4.72 Å². The summed E-state index contributed by atoms with van der Waals surface area (Å²) in [6.07, 6.45) is 3.95. The van der Waals surface area contributed by atoms with Crippen LogP contribution >= 0.6 is 39.1 Å². The summed E-state index contributed by atoms with van der Waals surface area (Å²) in [6.45, 7) is -1.11. The Kier molecular flexibility index (Phi) is 7.72. The van der Waals surface area contributed by atoms with Crippen molar-refractivity contribution in [3.8, 4) is 0 Å². The average Bonchev–Trinajstić information content (AvgIpc) is 3.02. The van der Waals surface area contributed by atoms with Crippen molar-refractivity contribution in [1.29, 1.82) is 0 Å². The van der Waals surface area contributed by atoms with E-state index in [0.717, 1.165) is 25.7 Å². The van der Waals surface area contributed by atoms with Crippen LogP contribution in [-0.2, 0) is 24.3 Å². The zero-order valence-electron chi connectivity index (χ0n) is 13.6. The average molecular weight is 488 g/mol. The van der Waals surface area contributed by atoms with Crippen molar-refractivity contribution in [2.75, 3.05) is 13.2 Å². The number of ether oxygens (including phenoxy) is 1. The maximum Gasteiger partial charge on any atom is 0.321 e. The Balaban J connectivity index is 1.85. The molecule has 2 rings (SSSR count). The zero-order chi connectivity index (χ0) is 19.3. The van der Waals surface area contributed by atoms with Crippen molar-refractivity contribution >= 4 is 61.0 Å². The summed E-state index contributed by atoms with van der Waals surface area (Å²) in [7, 11) is -4.13. The van der Waals surface area contributed by atoms with Gasteiger partial charge in [-0.1, -0.05) is 52.0 Å². The second-order valence-corrected chi connectivity index (χ2v) is 9.17. The molecule has 0 unspecified atom stereocenters. The number of rotatable bonds is 7. The van der Waals surface area contributed by atoms with E-state index in [4.69, 9.17) is 27.9 Å². The lowest BCUT2D eigenvalue weighted by molar-refractivity contribution is -0.147. The number of carbonyl (C=O) groups is 2. The second kappa shape index (κ2) is 9.36. The fourth-order valence-corrected chi connectivity index (χ4v) is 5.45. The van der Waals surface area contributed by atoms with Gasteiger partial charge in [0.25, 0.3) is 5.91 Å². The molecule has 1 saturated carbocycles. The van der Waals surface area contributed by atoms with Crippen molar-refractivity contribution in [2.45, 2.75) is 36.6 Å².